The monoisotopic (exact) mass is 407 g/mol. The van der Waals surface area contributed by atoms with Crippen LogP contribution >= 0.6 is 31.9 Å². The number of rotatable bonds is 5. The minimum absolute atomic E-state index is 0.248. The Hall–Kier alpha value is -1.44. The Morgan fingerprint density at radius 3 is 2.57 bits per heavy atom. The number of anilines is 1. The predicted molar refractivity (Wildman–Crippen MR) is 94.7 cm³/mol. The molecule has 0 aliphatic rings. The Morgan fingerprint density at radius 2 is 1.90 bits per heavy atom. The summed E-state index contributed by atoms with van der Waals surface area (Å²) >= 11 is 7.01. The van der Waals surface area contributed by atoms with Gasteiger partial charge in [-0.3, -0.25) is 0 Å². The smallest absolute Gasteiger partial charge is 0.148 e. The highest BCUT2D eigenvalue weighted by Gasteiger charge is 2.10. The number of hydrogen-bond donors (Lipinski definition) is 1. The largest absolute Gasteiger partial charge is 0.479 e. The molecule has 0 aliphatic carbocycles. The molecule has 0 saturated heterocycles. The van der Waals surface area contributed by atoms with Crippen molar-refractivity contribution in [2.45, 2.75) is 13.5 Å². The van der Waals surface area contributed by atoms with Crippen LogP contribution in [-0.4, -0.2) is 6.61 Å². The van der Waals surface area contributed by atoms with Gasteiger partial charge in [-0.15, -0.1) is 6.42 Å². The van der Waals surface area contributed by atoms with Crippen LogP contribution in [0, 0.1) is 19.3 Å². The van der Waals surface area contributed by atoms with Gasteiger partial charge in [0.2, 0.25) is 0 Å². The second kappa shape index (κ2) is 7.53. The van der Waals surface area contributed by atoms with E-state index in [0.717, 1.165) is 25.9 Å². The molecule has 2 nitrogen and oxygen atoms in total. The number of ether oxygens (including phenoxy) is 1. The van der Waals surface area contributed by atoms with Gasteiger partial charge in [0, 0.05) is 22.3 Å². The summed E-state index contributed by atoms with van der Waals surface area (Å²) in [5.74, 6) is 3.26. The molecule has 0 amide bonds. The molecule has 0 unspecified atom stereocenters. The van der Waals surface area contributed by atoms with E-state index < -0.39 is 0 Å². The summed E-state index contributed by atoms with van der Waals surface area (Å²) in [6, 6.07) is 12.2. The van der Waals surface area contributed by atoms with Crippen LogP contribution in [0.2, 0.25) is 0 Å². The highest BCUT2D eigenvalue weighted by atomic mass is 79.9. The molecule has 0 atom stereocenters. The lowest BCUT2D eigenvalue weighted by molar-refractivity contribution is 0.364. The number of halogens is 2. The topological polar surface area (TPSA) is 21.3 Å². The van der Waals surface area contributed by atoms with Crippen LogP contribution in [-0.2, 0) is 6.54 Å². The lowest BCUT2D eigenvalue weighted by Gasteiger charge is -2.14. The van der Waals surface area contributed by atoms with Gasteiger partial charge in [-0.05, 0) is 47.1 Å². The molecule has 108 valence electrons. The minimum Gasteiger partial charge on any atom is -0.479 e. The Morgan fingerprint density at radius 1 is 1.19 bits per heavy atom. The fourth-order valence-corrected chi connectivity index (χ4v) is 3.32. The third-order valence-electron chi connectivity index (χ3n) is 2.92. The van der Waals surface area contributed by atoms with Crippen molar-refractivity contribution in [1.29, 1.82) is 0 Å². The van der Waals surface area contributed by atoms with Gasteiger partial charge in [0.25, 0.3) is 0 Å². The Balaban J connectivity index is 2.18. The van der Waals surface area contributed by atoms with Crippen LogP contribution < -0.4 is 10.1 Å². The molecule has 0 saturated carbocycles. The number of terminal acetylenes is 1. The quantitative estimate of drug-likeness (QED) is 0.691. The molecular weight excluding hydrogens is 394 g/mol. The van der Waals surface area contributed by atoms with Crippen molar-refractivity contribution in [1.82, 2.24) is 0 Å². The molecule has 2 rings (SSSR count). The van der Waals surface area contributed by atoms with E-state index >= 15 is 0 Å². The molecule has 2 aromatic rings. The van der Waals surface area contributed by atoms with Crippen LogP contribution in [0.25, 0.3) is 0 Å². The second-order valence-electron chi connectivity index (χ2n) is 4.59. The van der Waals surface area contributed by atoms with E-state index in [9.17, 15) is 0 Å². The van der Waals surface area contributed by atoms with E-state index in [4.69, 9.17) is 11.2 Å². The van der Waals surface area contributed by atoms with Crippen LogP contribution in [0.15, 0.2) is 45.3 Å². The SMILES string of the molecule is C#CCOc1c(Br)cc(Br)cc1CNc1ccc(C)cc1. The normalized spacial score (nSPS) is 10.0. The van der Waals surface area contributed by atoms with E-state index in [1.807, 2.05) is 12.1 Å². The molecule has 2 aromatic carbocycles. The van der Waals surface area contributed by atoms with Gasteiger partial charge >= 0.3 is 0 Å². The van der Waals surface area contributed by atoms with E-state index in [1.54, 1.807) is 0 Å². The first kappa shape index (κ1) is 15.9. The van der Waals surface area contributed by atoms with E-state index in [2.05, 4.69) is 74.3 Å². The van der Waals surface area contributed by atoms with E-state index in [0.29, 0.717) is 6.54 Å². The first-order valence-corrected chi connectivity index (χ1v) is 8.03. The third-order valence-corrected chi connectivity index (χ3v) is 3.97. The van der Waals surface area contributed by atoms with Gasteiger partial charge in [0.1, 0.15) is 12.4 Å². The van der Waals surface area contributed by atoms with Gasteiger partial charge < -0.3 is 10.1 Å². The standard InChI is InChI=1S/C17H15Br2NO/c1-3-8-21-17-13(9-14(18)10-16(17)19)11-20-15-6-4-12(2)5-7-15/h1,4-7,9-10,20H,8,11H2,2H3. The third kappa shape index (κ3) is 4.52. The van der Waals surface area contributed by atoms with Crippen molar-refractivity contribution < 1.29 is 4.74 Å². The molecule has 4 heteroatoms. The molecule has 0 bridgehead atoms. The zero-order chi connectivity index (χ0) is 15.2. The second-order valence-corrected chi connectivity index (χ2v) is 6.36. The maximum atomic E-state index is 5.64. The van der Waals surface area contributed by atoms with Gasteiger partial charge in [-0.2, -0.15) is 0 Å². The summed E-state index contributed by atoms with van der Waals surface area (Å²) in [5.41, 5.74) is 3.34. The van der Waals surface area contributed by atoms with E-state index in [1.165, 1.54) is 5.56 Å². The van der Waals surface area contributed by atoms with Crippen molar-refractivity contribution >= 4 is 37.5 Å². The van der Waals surface area contributed by atoms with Crippen molar-refractivity contribution in [2.75, 3.05) is 11.9 Å². The molecule has 0 fully saturated rings. The van der Waals surface area contributed by atoms with Crippen LogP contribution in [0.5, 0.6) is 5.75 Å². The molecule has 0 spiro atoms. The maximum absolute atomic E-state index is 5.64. The van der Waals surface area contributed by atoms with Crippen molar-refractivity contribution in [3.05, 3.63) is 56.5 Å². The summed E-state index contributed by atoms with van der Waals surface area (Å²) in [5, 5.41) is 3.39. The number of aryl methyl sites for hydroxylation is 1. The van der Waals surface area contributed by atoms with Gasteiger partial charge in [0.05, 0.1) is 4.47 Å². The van der Waals surface area contributed by atoms with Gasteiger partial charge in [-0.1, -0.05) is 39.5 Å². The number of hydrogen-bond acceptors (Lipinski definition) is 2. The first-order valence-electron chi connectivity index (χ1n) is 6.45. The fraction of sp³-hybridized carbons (Fsp3) is 0.176. The van der Waals surface area contributed by atoms with Crippen LogP contribution in [0.3, 0.4) is 0 Å². The van der Waals surface area contributed by atoms with E-state index in [-0.39, 0.29) is 6.61 Å². The number of nitrogens with one attached hydrogen (secondary N) is 1. The van der Waals surface area contributed by atoms with Gasteiger partial charge in [0.15, 0.2) is 0 Å². The Bertz CT molecular complexity index is 660. The molecule has 1 N–H and O–H groups in total. The van der Waals surface area contributed by atoms with Gasteiger partial charge in [-0.25, -0.2) is 0 Å². The summed E-state index contributed by atoms with van der Waals surface area (Å²) in [7, 11) is 0. The summed E-state index contributed by atoms with van der Waals surface area (Å²) in [4.78, 5) is 0. The molecular formula is C17H15Br2NO. The van der Waals surface area contributed by atoms with Crippen LogP contribution in [0.4, 0.5) is 5.69 Å². The lowest BCUT2D eigenvalue weighted by Crippen LogP contribution is -2.04. The number of benzene rings is 2. The minimum atomic E-state index is 0.248. The molecule has 0 radical (unpaired) electrons. The maximum Gasteiger partial charge on any atom is 0.148 e. The average molecular weight is 409 g/mol. The van der Waals surface area contributed by atoms with Crippen molar-refractivity contribution in [2.24, 2.45) is 0 Å². The lowest BCUT2D eigenvalue weighted by atomic mass is 10.2. The zero-order valence-electron chi connectivity index (χ0n) is 11.6. The summed E-state index contributed by atoms with van der Waals surface area (Å²) < 4.78 is 7.51. The zero-order valence-corrected chi connectivity index (χ0v) is 14.8. The molecule has 21 heavy (non-hydrogen) atoms. The average Bonchev–Trinajstić information content (AvgIpc) is 2.45. The molecule has 0 aliphatic heterocycles. The summed E-state index contributed by atoms with van der Waals surface area (Å²) in [6.45, 7) is 2.97. The highest BCUT2D eigenvalue weighted by Crippen LogP contribution is 2.33. The van der Waals surface area contributed by atoms with Crippen molar-refractivity contribution in [3.8, 4) is 18.1 Å². The summed E-state index contributed by atoms with van der Waals surface area (Å²) in [6.07, 6.45) is 5.27. The predicted octanol–water partition coefficient (Wildman–Crippen LogP) is 5.14. The highest BCUT2D eigenvalue weighted by molar-refractivity contribution is 9.11. The van der Waals surface area contributed by atoms with Crippen molar-refractivity contribution in [3.63, 3.8) is 0 Å². The molecule has 0 aromatic heterocycles. The fourth-order valence-electron chi connectivity index (χ4n) is 1.89. The van der Waals surface area contributed by atoms with Crippen LogP contribution in [0.1, 0.15) is 11.1 Å². The molecule has 0 heterocycles. The Kier molecular flexibility index (Phi) is 5.72. The Labute approximate surface area is 142 Å². The first-order chi connectivity index (χ1) is 10.1.